The summed E-state index contributed by atoms with van der Waals surface area (Å²) < 4.78 is 20.1. The topological polar surface area (TPSA) is 74.3 Å². The first kappa shape index (κ1) is 20.3. The average molecular weight is 414 g/mol. The third-order valence-electron chi connectivity index (χ3n) is 5.48. The fourth-order valence-corrected chi connectivity index (χ4v) is 3.54. The van der Waals surface area contributed by atoms with Crippen molar-refractivity contribution in [3.63, 3.8) is 0 Å². The van der Waals surface area contributed by atoms with Gasteiger partial charge in [-0.3, -0.25) is 3.97 Å². The Hall–Kier alpha value is -1.97. The van der Waals surface area contributed by atoms with Gasteiger partial charge in [0.1, 0.15) is 0 Å². The minimum atomic E-state index is -0.480. The molecule has 1 aliphatic heterocycles. The number of benzene rings is 1. The summed E-state index contributed by atoms with van der Waals surface area (Å²) >= 11 is 4.57. The molecule has 3 aromatic rings. The highest BCUT2D eigenvalue weighted by molar-refractivity contribution is 7.78. The number of hydrogen-bond donors (Lipinski definition) is 2. The molecule has 7 nitrogen and oxygen atoms in total. The summed E-state index contributed by atoms with van der Waals surface area (Å²) in [7, 11) is -0.480. The van der Waals surface area contributed by atoms with Crippen molar-refractivity contribution < 1.29 is 13.7 Å². The van der Waals surface area contributed by atoms with Crippen molar-refractivity contribution in [2.75, 3.05) is 5.32 Å². The van der Waals surface area contributed by atoms with Gasteiger partial charge in [0, 0.05) is 28.1 Å². The molecular weight excluding hydrogens is 387 g/mol. The minimum Gasteiger partial charge on any atom is -0.403 e. The lowest BCUT2D eigenvalue weighted by atomic mass is 9.79. The van der Waals surface area contributed by atoms with E-state index in [2.05, 4.69) is 28.3 Å². The molecule has 4 rings (SSSR count). The van der Waals surface area contributed by atoms with Gasteiger partial charge in [-0.15, -0.1) is 5.10 Å². The average Bonchev–Trinajstić information content (AvgIpc) is 3.22. The van der Waals surface area contributed by atoms with E-state index in [1.54, 1.807) is 3.97 Å². The molecule has 0 spiro atoms. The smallest absolute Gasteiger partial charge is 0.403 e. The zero-order valence-corrected chi connectivity index (χ0v) is 18.8. The van der Waals surface area contributed by atoms with Gasteiger partial charge >= 0.3 is 13.1 Å². The predicted octanol–water partition coefficient (Wildman–Crippen LogP) is 3.89. The van der Waals surface area contributed by atoms with Crippen molar-refractivity contribution in [1.82, 2.24) is 14.2 Å². The third-order valence-corrected chi connectivity index (χ3v) is 5.81. The highest BCUT2D eigenvalue weighted by atomic mass is 32.1. The summed E-state index contributed by atoms with van der Waals surface area (Å²) in [5, 5.41) is 12.5. The van der Waals surface area contributed by atoms with E-state index in [1.807, 2.05) is 72.9 Å². The molecule has 0 saturated carbocycles. The van der Waals surface area contributed by atoms with Gasteiger partial charge in [0.05, 0.1) is 16.7 Å². The number of anilines is 1. The van der Waals surface area contributed by atoms with Crippen LogP contribution in [0.15, 0.2) is 28.8 Å². The number of aromatic nitrogens is 3. The molecule has 0 aliphatic carbocycles. The standard InChI is InChI=1S/C20H27BN4O3S/c1-18(2,3)22-17-24-23-16(26-17)12-8-9-15-13(10-12)14(11-25(15)29)21-27-19(4,5)20(6,7)28-21/h8-11,29H,1-7H3,(H,22,24). The Kier molecular flexibility index (Phi) is 4.57. The van der Waals surface area contributed by atoms with Crippen molar-refractivity contribution in [1.29, 1.82) is 0 Å². The van der Waals surface area contributed by atoms with Crippen LogP contribution in [0.2, 0.25) is 0 Å². The van der Waals surface area contributed by atoms with Gasteiger partial charge < -0.3 is 19.0 Å². The Bertz CT molecular complexity index is 1050. The lowest BCUT2D eigenvalue weighted by Gasteiger charge is -2.32. The summed E-state index contributed by atoms with van der Waals surface area (Å²) in [5.74, 6) is 0.449. The maximum Gasteiger partial charge on any atom is 0.497 e. The fraction of sp³-hybridized carbons (Fsp3) is 0.500. The number of nitrogens with one attached hydrogen (secondary N) is 1. The van der Waals surface area contributed by atoms with Crippen LogP contribution in [0, 0.1) is 0 Å². The summed E-state index contributed by atoms with van der Waals surface area (Å²) in [6.07, 6.45) is 1.93. The van der Waals surface area contributed by atoms with E-state index in [0.717, 1.165) is 21.9 Å². The maximum atomic E-state index is 6.25. The van der Waals surface area contributed by atoms with Crippen LogP contribution in [-0.4, -0.2) is 38.0 Å². The van der Waals surface area contributed by atoms with Gasteiger partial charge in [0.15, 0.2) is 0 Å². The summed E-state index contributed by atoms with van der Waals surface area (Å²) in [6, 6.07) is 6.33. The van der Waals surface area contributed by atoms with Crippen molar-refractivity contribution in [2.24, 2.45) is 0 Å². The lowest BCUT2D eigenvalue weighted by Crippen LogP contribution is -2.41. The van der Waals surface area contributed by atoms with Crippen LogP contribution < -0.4 is 10.8 Å². The Morgan fingerprint density at radius 2 is 1.72 bits per heavy atom. The van der Waals surface area contributed by atoms with Crippen LogP contribution in [-0.2, 0) is 9.31 Å². The van der Waals surface area contributed by atoms with Gasteiger partial charge in [-0.25, -0.2) is 0 Å². The predicted molar refractivity (Wildman–Crippen MR) is 119 cm³/mol. The number of fused-ring (bicyclic) bond motifs is 1. The van der Waals surface area contributed by atoms with E-state index in [1.165, 1.54) is 0 Å². The molecule has 1 aliphatic rings. The fourth-order valence-electron chi connectivity index (χ4n) is 3.24. The van der Waals surface area contributed by atoms with Crippen LogP contribution in [0.3, 0.4) is 0 Å². The molecule has 1 saturated heterocycles. The van der Waals surface area contributed by atoms with Gasteiger partial charge in [0.25, 0.3) is 0 Å². The molecule has 1 N–H and O–H groups in total. The minimum absolute atomic E-state index is 0.166. The molecule has 0 bridgehead atoms. The van der Waals surface area contributed by atoms with Gasteiger partial charge in [-0.2, -0.15) is 0 Å². The van der Waals surface area contributed by atoms with E-state index in [-0.39, 0.29) is 5.54 Å². The SMILES string of the molecule is CC(C)(C)Nc1nnc(-c2ccc3c(c2)c(B2OC(C)(C)C(C)(C)O2)cn3S)o1. The van der Waals surface area contributed by atoms with E-state index in [9.17, 15) is 0 Å². The highest BCUT2D eigenvalue weighted by Crippen LogP contribution is 2.37. The molecule has 1 fully saturated rings. The third kappa shape index (κ3) is 3.67. The van der Waals surface area contributed by atoms with Crippen molar-refractivity contribution in [2.45, 2.75) is 65.2 Å². The zero-order chi connectivity index (χ0) is 21.2. The van der Waals surface area contributed by atoms with Crippen LogP contribution in [0.4, 0.5) is 6.01 Å². The van der Waals surface area contributed by atoms with Crippen LogP contribution in [0.25, 0.3) is 22.4 Å². The Balaban J connectivity index is 1.72. The quantitative estimate of drug-likeness (QED) is 0.500. The van der Waals surface area contributed by atoms with Crippen LogP contribution >= 0.6 is 12.8 Å². The summed E-state index contributed by atoms with van der Waals surface area (Å²) in [6.45, 7) is 14.3. The Labute approximate surface area is 176 Å². The number of hydrogen-bond acceptors (Lipinski definition) is 7. The monoisotopic (exact) mass is 414 g/mol. The van der Waals surface area contributed by atoms with E-state index in [4.69, 9.17) is 13.7 Å². The molecule has 1 aromatic carbocycles. The molecule has 29 heavy (non-hydrogen) atoms. The first-order valence-electron chi connectivity index (χ1n) is 9.68. The molecule has 2 aromatic heterocycles. The highest BCUT2D eigenvalue weighted by Gasteiger charge is 2.52. The molecule has 154 valence electrons. The molecule has 9 heteroatoms. The maximum absolute atomic E-state index is 6.25. The van der Waals surface area contributed by atoms with Gasteiger partial charge in [0.2, 0.25) is 5.89 Å². The molecule has 0 unspecified atom stereocenters. The van der Waals surface area contributed by atoms with Crippen LogP contribution in [0.5, 0.6) is 0 Å². The van der Waals surface area contributed by atoms with E-state index in [0.29, 0.717) is 11.9 Å². The molecular formula is C20H27BN4O3S. The second-order valence-corrected chi connectivity index (χ2v) is 9.97. The van der Waals surface area contributed by atoms with E-state index < -0.39 is 18.3 Å². The normalized spacial score (nSPS) is 18.6. The molecule has 0 atom stereocenters. The van der Waals surface area contributed by atoms with Crippen molar-refractivity contribution >= 4 is 42.3 Å². The number of thiol groups is 1. The number of nitrogens with zero attached hydrogens (tertiary/aromatic N) is 3. The molecule has 3 heterocycles. The van der Waals surface area contributed by atoms with Gasteiger partial charge in [-0.05, 0) is 66.7 Å². The van der Waals surface area contributed by atoms with Crippen LogP contribution in [0.1, 0.15) is 48.5 Å². The van der Waals surface area contributed by atoms with Gasteiger partial charge in [-0.1, -0.05) is 17.9 Å². The summed E-state index contributed by atoms with van der Waals surface area (Å²) in [5.41, 5.74) is 1.70. The number of rotatable bonds is 3. The zero-order valence-electron chi connectivity index (χ0n) is 17.9. The lowest BCUT2D eigenvalue weighted by molar-refractivity contribution is 0.00578. The first-order valence-corrected chi connectivity index (χ1v) is 10.1. The second kappa shape index (κ2) is 6.52. The summed E-state index contributed by atoms with van der Waals surface area (Å²) in [4.78, 5) is 0. The Morgan fingerprint density at radius 1 is 1.07 bits per heavy atom. The molecule has 0 amide bonds. The van der Waals surface area contributed by atoms with Crippen molar-refractivity contribution in [3.05, 3.63) is 24.4 Å². The van der Waals surface area contributed by atoms with E-state index >= 15 is 0 Å². The second-order valence-electron chi connectivity index (χ2n) is 9.54. The molecule has 0 radical (unpaired) electrons. The first-order chi connectivity index (χ1) is 13.4. The van der Waals surface area contributed by atoms with Crippen molar-refractivity contribution in [3.8, 4) is 11.5 Å². The largest absolute Gasteiger partial charge is 0.497 e. The Morgan fingerprint density at radius 3 is 2.34 bits per heavy atom.